The van der Waals surface area contributed by atoms with Crippen molar-refractivity contribution in [3.63, 3.8) is 0 Å². The van der Waals surface area contributed by atoms with Crippen molar-refractivity contribution in [3.8, 4) is 33.5 Å². The van der Waals surface area contributed by atoms with Crippen molar-refractivity contribution in [1.82, 2.24) is 4.98 Å². The van der Waals surface area contributed by atoms with Crippen LogP contribution >= 0.6 is 0 Å². The fourth-order valence-electron chi connectivity index (χ4n) is 5.74. The van der Waals surface area contributed by atoms with Crippen molar-refractivity contribution in [2.24, 2.45) is 0 Å². The molecule has 0 spiro atoms. The molecule has 0 saturated carbocycles. The Balaban J connectivity index is 0.000000434. The summed E-state index contributed by atoms with van der Waals surface area (Å²) >= 11 is 0. The standard InChI is InChI=1S/C32H26N.C5H8O2.Ir/c1-20-14-21(2)16-23(15-20)30-18-25(22-10-6-5-7-11-22)27-17-26-24-12-8-9-13-28(24)32(3,4)29(26)19-31(27)33-30;1-4(6)3-5(2)7;/h5-15,17-19H,1-4H3;3,6H,1-2H3;/q-1;;/b;4-3-;. The van der Waals surface area contributed by atoms with Crippen LogP contribution < -0.4 is 0 Å². The number of allylic oxidation sites excluding steroid dienone is 2. The smallest absolute Gasteiger partial charge is 0.155 e. The molecule has 1 radical (unpaired) electrons. The number of benzene rings is 4. The van der Waals surface area contributed by atoms with Gasteiger partial charge >= 0.3 is 0 Å². The van der Waals surface area contributed by atoms with Gasteiger partial charge in [-0.2, -0.15) is 0 Å². The number of fused-ring (bicyclic) bond motifs is 4. The SMILES string of the molecule is CC(=O)/C=C(/C)O.Cc1[c-]c(-c2cc(-c3ccccc3)c3cc4c(cc3n2)C(C)(C)c2ccccc2-4)cc(C)c1.[Ir]. The molecule has 209 valence electrons. The first kappa shape index (κ1) is 30.1. The number of hydrogen-bond acceptors (Lipinski definition) is 3. The van der Waals surface area contributed by atoms with Gasteiger partial charge in [-0.1, -0.05) is 88.4 Å². The van der Waals surface area contributed by atoms with Gasteiger partial charge in [-0.05, 0) is 65.1 Å². The summed E-state index contributed by atoms with van der Waals surface area (Å²) in [6.45, 7) is 11.7. The molecule has 0 atom stereocenters. The predicted molar refractivity (Wildman–Crippen MR) is 166 cm³/mol. The monoisotopic (exact) mass is 717 g/mol. The largest absolute Gasteiger partial charge is 0.512 e. The number of carbonyl (C=O) groups is 1. The molecule has 4 heteroatoms. The zero-order valence-corrected chi connectivity index (χ0v) is 26.7. The molecule has 5 aromatic rings. The van der Waals surface area contributed by atoms with Gasteiger partial charge in [0.15, 0.2) is 5.78 Å². The third kappa shape index (κ3) is 6.10. The molecule has 1 aliphatic carbocycles. The molecule has 1 aromatic heterocycles. The summed E-state index contributed by atoms with van der Waals surface area (Å²) in [5.41, 5.74) is 13.2. The Morgan fingerprint density at radius 2 is 1.51 bits per heavy atom. The Kier molecular flexibility index (Phi) is 8.77. The fraction of sp³-hybridized carbons (Fsp3) is 0.189. The number of rotatable bonds is 3. The summed E-state index contributed by atoms with van der Waals surface area (Å²) in [4.78, 5) is 15.2. The van der Waals surface area contributed by atoms with Crippen LogP contribution in [0.2, 0.25) is 0 Å². The summed E-state index contributed by atoms with van der Waals surface area (Å²) < 4.78 is 0. The summed E-state index contributed by atoms with van der Waals surface area (Å²) in [7, 11) is 0. The van der Waals surface area contributed by atoms with Crippen LogP contribution in [0.25, 0.3) is 44.4 Å². The van der Waals surface area contributed by atoms with E-state index in [1.807, 2.05) is 0 Å². The van der Waals surface area contributed by atoms with Crippen molar-refractivity contribution in [1.29, 1.82) is 0 Å². The number of hydrogen-bond donors (Lipinski definition) is 1. The van der Waals surface area contributed by atoms with Crippen LogP contribution in [0.15, 0.2) is 96.8 Å². The van der Waals surface area contributed by atoms with Gasteiger partial charge in [0.2, 0.25) is 0 Å². The topological polar surface area (TPSA) is 50.2 Å². The van der Waals surface area contributed by atoms with Gasteiger partial charge in [-0.3, -0.25) is 9.78 Å². The van der Waals surface area contributed by atoms with Gasteiger partial charge in [0, 0.05) is 37.0 Å². The number of nitrogens with zero attached hydrogens (tertiary/aromatic N) is 1. The molecular formula is C37H34IrNO2-. The molecular weight excluding hydrogens is 683 g/mol. The van der Waals surface area contributed by atoms with E-state index >= 15 is 0 Å². The maximum absolute atomic E-state index is 10.0. The number of aliphatic hydroxyl groups excluding tert-OH is 1. The molecule has 1 heterocycles. The summed E-state index contributed by atoms with van der Waals surface area (Å²) in [5, 5.41) is 9.56. The second-order valence-corrected chi connectivity index (χ2v) is 11.2. The first-order valence-electron chi connectivity index (χ1n) is 13.6. The van der Waals surface area contributed by atoms with Crippen LogP contribution in [0.3, 0.4) is 0 Å². The van der Waals surface area contributed by atoms with Crippen LogP contribution in [0.5, 0.6) is 0 Å². The van der Waals surface area contributed by atoms with Crippen molar-refractivity contribution in [2.45, 2.75) is 47.0 Å². The molecule has 1 N–H and O–H groups in total. The Hall–Kier alpha value is -3.85. The molecule has 4 aromatic carbocycles. The summed E-state index contributed by atoms with van der Waals surface area (Å²) in [5.74, 6) is -0.0625. The van der Waals surface area contributed by atoms with Gasteiger partial charge < -0.3 is 5.11 Å². The van der Waals surface area contributed by atoms with E-state index in [2.05, 4.69) is 119 Å². The third-order valence-corrected chi connectivity index (χ3v) is 7.43. The Bertz CT molecular complexity index is 1760. The number of aliphatic hydroxyl groups is 1. The van der Waals surface area contributed by atoms with E-state index in [9.17, 15) is 4.79 Å². The zero-order chi connectivity index (χ0) is 28.6. The van der Waals surface area contributed by atoms with E-state index in [-0.39, 0.29) is 37.1 Å². The molecule has 1 aliphatic rings. The van der Waals surface area contributed by atoms with E-state index in [0.717, 1.165) is 22.3 Å². The van der Waals surface area contributed by atoms with Crippen LogP contribution in [-0.4, -0.2) is 15.9 Å². The van der Waals surface area contributed by atoms with E-state index in [4.69, 9.17) is 10.1 Å². The van der Waals surface area contributed by atoms with E-state index in [1.165, 1.54) is 64.3 Å². The van der Waals surface area contributed by atoms with Gasteiger partial charge in [0.1, 0.15) is 0 Å². The van der Waals surface area contributed by atoms with Crippen LogP contribution in [0, 0.1) is 19.9 Å². The molecule has 0 unspecified atom stereocenters. The molecule has 41 heavy (non-hydrogen) atoms. The number of ketones is 1. The second kappa shape index (κ2) is 11.9. The quantitative estimate of drug-likeness (QED) is 0.115. The van der Waals surface area contributed by atoms with E-state index in [1.54, 1.807) is 0 Å². The van der Waals surface area contributed by atoms with Crippen molar-refractivity contribution < 1.29 is 30.0 Å². The zero-order valence-electron chi connectivity index (χ0n) is 24.3. The van der Waals surface area contributed by atoms with Gasteiger partial charge in [0.25, 0.3) is 0 Å². The first-order valence-corrected chi connectivity index (χ1v) is 13.6. The average Bonchev–Trinajstić information content (AvgIpc) is 3.12. The van der Waals surface area contributed by atoms with Crippen molar-refractivity contribution in [3.05, 3.63) is 125 Å². The Morgan fingerprint density at radius 1 is 0.829 bits per heavy atom. The molecule has 6 rings (SSSR count). The minimum atomic E-state index is -0.125. The normalized spacial score (nSPS) is 13.0. The summed E-state index contributed by atoms with van der Waals surface area (Å²) in [6.07, 6.45) is 1.17. The Morgan fingerprint density at radius 3 is 2.15 bits per heavy atom. The predicted octanol–water partition coefficient (Wildman–Crippen LogP) is 9.33. The molecule has 0 aliphatic heterocycles. The first-order chi connectivity index (χ1) is 19.0. The minimum Gasteiger partial charge on any atom is -0.512 e. The molecule has 3 nitrogen and oxygen atoms in total. The number of pyridine rings is 1. The van der Waals surface area contributed by atoms with Crippen LogP contribution in [0.1, 0.15) is 49.9 Å². The molecule has 0 amide bonds. The van der Waals surface area contributed by atoms with Gasteiger partial charge in [-0.15, -0.1) is 34.9 Å². The fourth-order valence-corrected chi connectivity index (χ4v) is 5.74. The summed E-state index contributed by atoms with van der Waals surface area (Å²) in [6, 6.07) is 34.3. The second-order valence-electron chi connectivity index (χ2n) is 11.2. The van der Waals surface area contributed by atoms with Crippen LogP contribution in [-0.2, 0) is 30.3 Å². The maximum Gasteiger partial charge on any atom is 0.155 e. The number of carbonyl (C=O) groups excluding carboxylic acids is 1. The van der Waals surface area contributed by atoms with Crippen molar-refractivity contribution >= 4 is 16.7 Å². The number of aryl methyl sites for hydroxylation is 2. The van der Waals surface area contributed by atoms with E-state index < -0.39 is 0 Å². The van der Waals surface area contributed by atoms with Crippen molar-refractivity contribution in [2.75, 3.05) is 0 Å². The third-order valence-electron chi connectivity index (χ3n) is 7.43. The number of aromatic nitrogens is 1. The molecule has 0 fully saturated rings. The minimum absolute atomic E-state index is 0. The molecule has 0 saturated heterocycles. The van der Waals surface area contributed by atoms with Gasteiger partial charge in [0.05, 0.1) is 11.3 Å². The average molecular weight is 717 g/mol. The van der Waals surface area contributed by atoms with Gasteiger partial charge in [-0.25, -0.2) is 0 Å². The van der Waals surface area contributed by atoms with E-state index in [0.29, 0.717) is 0 Å². The maximum atomic E-state index is 10.0. The molecule has 0 bridgehead atoms. The Labute approximate surface area is 256 Å². The van der Waals surface area contributed by atoms with Crippen LogP contribution in [0.4, 0.5) is 0 Å².